The van der Waals surface area contributed by atoms with Crippen LogP contribution in [0.1, 0.15) is 118 Å². The first kappa shape index (κ1) is 25.9. The van der Waals surface area contributed by atoms with E-state index in [9.17, 15) is 9.59 Å². The van der Waals surface area contributed by atoms with Gasteiger partial charge < -0.3 is 9.84 Å². The molecule has 0 saturated heterocycles. The van der Waals surface area contributed by atoms with Crippen LogP contribution in [0, 0.1) is 11.8 Å². The van der Waals surface area contributed by atoms with Crippen LogP contribution in [0.4, 0.5) is 0 Å². The Hall–Kier alpha value is -1.06. The largest absolute Gasteiger partial charge is 0.481 e. The predicted octanol–water partition coefficient (Wildman–Crippen LogP) is 6.76. The Morgan fingerprint density at radius 2 is 1.26 bits per heavy atom. The number of ether oxygens (including phenoxy) is 1. The Bertz CT molecular complexity index is 393. The number of esters is 1. The van der Waals surface area contributed by atoms with Crippen LogP contribution in [-0.4, -0.2) is 22.6 Å². The Labute approximate surface area is 167 Å². The van der Waals surface area contributed by atoms with E-state index < -0.39 is 5.97 Å². The monoisotopic (exact) mass is 384 g/mol. The van der Waals surface area contributed by atoms with E-state index in [-0.39, 0.29) is 18.0 Å². The van der Waals surface area contributed by atoms with Crippen LogP contribution in [0.15, 0.2) is 0 Å². The van der Waals surface area contributed by atoms with Gasteiger partial charge in [-0.3, -0.25) is 9.59 Å². The van der Waals surface area contributed by atoms with Crippen molar-refractivity contribution in [2.45, 2.75) is 124 Å². The number of carboxylic acids is 1. The van der Waals surface area contributed by atoms with Gasteiger partial charge in [-0.1, -0.05) is 79.6 Å². The van der Waals surface area contributed by atoms with E-state index in [1.165, 1.54) is 19.3 Å². The molecule has 4 nitrogen and oxygen atoms in total. The fourth-order valence-electron chi connectivity index (χ4n) is 3.87. The van der Waals surface area contributed by atoms with Crippen LogP contribution in [0.25, 0.3) is 0 Å². The molecular weight excluding hydrogens is 340 g/mol. The first-order chi connectivity index (χ1) is 12.8. The van der Waals surface area contributed by atoms with Gasteiger partial charge in [-0.2, -0.15) is 0 Å². The number of aliphatic carboxylic acids is 1. The van der Waals surface area contributed by atoms with Gasteiger partial charge in [-0.15, -0.1) is 0 Å². The number of unbranched alkanes of at least 4 members (excludes halogenated alkanes) is 8. The van der Waals surface area contributed by atoms with Gasteiger partial charge in [0.15, 0.2) is 0 Å². The summed E-state index contributed by atoms with van der Waals surface area (Å²) < 4.78 is 6.11. The highest BCUT2D eigenvalue weighted by Gasteiger charge is 2.40. The average molecular weight is 385 g/mol. The summed E-state index contributed by atoms with van der Waals surface area (Å²) >= 11 is 0. The topological polar surface area (TPSA) is 63.6 Å². The van der Waals surface area contributed by atoms with Gasteiger partial charge in [0.2, 0.25) is 0 Å². The third-order valence-electron chi connectivity index (χ3n) is 5.70. The molecule has 0 aromatic carbocycles. The SMILES string of the molecule is CCCCCCC(OC(=O)CCCCCCCCC(=O)O)(C(C)C)C(C)C. The van der Waals surface area contributed by atoms with E-state index in [0.29, 0.717) is 18.3 Å². The van der Waals surface area contributed by atoms with Crippen molar-refractivity contribution in [1.29, 1.82) is 0 Å². The maximum absolute atomic E-state index is 12.5. The zero-order valence-electron chi connectivity index (χ0n) is 18.5. The molecule has 0 atom stereocenters. The number of carboxylic acid groups (broad SMARTS) is 1. The van der Waals surface area contributed by atoms with E-state index in [2.05, 4.69) is 34.6 Å². The number of carbonyl (C=O) groups excluding carboxylic acids is 1. The zero-order chi connectivity index (χ0) is 20.7. The quantitative estimate of drug-likeness (QED) is 0.222. The number of carbonyl (C=O) groups is 2. The molecule has 160 valence electrons. The molecule has 0 radical (unpaired) electrons. The van der Waals surface area contributed by atoms with E-state index in [1.54, 1.807) is 0 Å². The number of hydrogen-bond acceptors (Lipinski definition) is 3. The molecule has 0 saturated carbocycles. The lowest BCUT2D eigenvalue weighted by Crippen LogP contribution is -2.45. The molecule has 0 aromatic rings. The van der Waals surface area contributed by atoms with Gasteiger partial charge in [0.1, 0.15) is 5.60 Å². The first-order valence-electron chi connectivity index (χ1n) is 11.2. The third-order valence-corrected chi connectivity index (χ3v) is 5.70. The molecule has 1 N–H and O–H groups in total. The lowest BCUT2D eigenvalue weighted by atomic mass is 9.76. The summed E-state index contributed by atoms with van der Waals surface area (Å²) in [6, 6.07) is 0. The minimum absolute atomic E-state index is 0.0567. The summed E-state index contributed by atoms with van der Waals surface area (Å²) in [4.78, 5) is 22.9. The van der Waals surface area contributed by atoms with Crippen molar-refractivity contribution in [2.75, 3.05) is 0 Å². The van der Waals surface area contributed by atoms with Crippen LogP contribution >= 0.6 is 0 Å². The van der Waals surface area contributed by atoms with Crippen molar-refractivity contribution in [3.63, 3.8) is 0 Å². The van der Waals surface area contributed by atoms with E-state index in [4.69, 9.17) is 9.84 Å². The Morgan fingerprint density at radius 3 is 1.74 bits per heavy atom. The minimum atomic E-state index is -0.716. The van der Waals surface area contributed by atoms with E-state index in [0.717, 1.165) is 51.4 Å². The molecule has 0 rings (SSSR count). The van der Waals surface area contributed by atoms with Crippen molar-refractivity contribution < 1.29 is 19.4 Å². The Kier molecular flexibility index (Phi) is 14.3. The van der Waals surface area contributed by atoms with Crippen LogP contribution in [0.2, 0.25) is 0 Å². The lowest BCUT2D eigenvalue weighted by Gasteiger charge is -2.41. The summed E-state index contributed by atoms with van der Waals surface area (Å²) in [6.45, 7) is 10.9. The van der Waals surface area contributed by atoms with Crippen LogP contribution in [0.5, 0.6) is 0 Å². The van der Waals surface area contributed by atoms with Crippen molar-refractivity contribution in [3.8, 4) is 0 Å². The molecule has 0 fully saturated rings. The van der Waals surface area contributed by atoms with E-state index in [1.807, 2.05) is 0 Å². The van der Waals surface area contributed by atoms with Gasteiger partial charge in [0.25, 0.3) is 0 Å². The molecule has 0 aliphatic carbocycles. The summed E-state index contributed by atoms with van der Waals surface area (Å²) in [6.07, 6.45) is 12.2. The number of hydrogen-bond donors (Lipinski definition) is 1. The average Bonchev–Trinajstić information content (AvgIpc) is 2.59. The molecular formula is C23H44O4. The molecule has 4 heteroatoms. The second-order valence-corrected chi connectivity index (χ2v) is 8.56. The van der Waals surface area contributed by atoms with Crippen LogP contribution < -0.4 is 0 Å². The van der Waals surface area contributed by atoms with Crippen molar-refractivity contribution in [3.05, 3.63) is 0 Å². The highest BCUT2D eigenvalue weighted by molar-refractivity contribution is 5.70. The molecule has 0 aliphatic rings. The molecule has 0 aromatic heterocycles. The van der Waals surface area contributed by atoms with Crippen LogP contribution in [-0.2, 0) is 14.3 Å². The fraction of sp³-hybridized carbons (Fsp3) is 0.913. The molecule has 0 amide bonds. The molecule has 27 heavy (non-hydrogen) atoms. The Balaban J connectivity index is 4.26. The van der Waals surface area contributed by atoms with Gasteiger partial charge in [-0.25, -0.2) is 0 Å². The minimum Gasteiger partial charge on any atom is -0.481 e. The molecule has 0 bridgehead atoms. The van der Waals surface area contributed by atoms with Gasteiger partial charge in [0.05, 0.1) is 0 Å². The van der Waals surface area contributed by atoms with Crippen LogP contribution in [0.3, 0.4) is 0 Å². The zero-order valence-corrected chi connectivity index (χ0v) is 18.5. The predicted molar refractivity (Wildman–Crippen MR) is 112 cm³/mol. The normalized spacial score (nSPS) is 12.0. The second-order valence-electron chi connectivity index (χ2n) is 8.56. The summed E-state index contributed by atoms with van der Waals surface area (Å²) in [7, 11) is 0. The third kappa shape index (κ3) is 11.4. The summed E-state index contributed by atoms with van der Waals surface area (Å²) in [5, 5.41) is 8.62. The highest BCUT2D eigenvalue weighted by atomic mass is 16.6. The van der Waals surface area contributed by atoms with Crippen molar-refractivity contribution in [2.24, 2.45) is 11.8 Å². The fourth-order valence-corrected chi connectivity index (χ4v) is 3.87. The highest BCUT2D eigenvalue weighted by Crippen LogP contribution is 2.36. The molecule has 0 heterocycles. The molecule has 0 unspecified atom stereocenters. The first-order valence-corrected chi connectivity index (χ1v) is 11.2. The lowest BCUT2D eigenvalue weighted by molar-refractivity contribution is -0.174. The number of rotatable bonds is 17. The van der Waals surface area contributed by atoms with E-state index >= 15 is 0 Å². The maximum Gasteiger partial charge on any atom is 0.306 e. The van der Waals surface area contributed by atoms with Gasteiger partial charge in [0, 0.05) is 12.8 Å². The van der Waals surface area contributed by atoms with Gasteiger partial charge >= 0.3 is 11.9 Å². The summed E-state index contributed by atoms with van der Waals surface area (Å²) in [5.41, 5.74) is -0.346. The maximum atomic E-state index is 12.5. The summed E-state index contributed by atoms with van der Waals surface area (Å²) in [5.74, 6) is -0.139. The Morgan fingerprint density at radius 1 is 0.778 bits per heavy atom. The smallest absolute Gasteiger partial charge is 0.306 e. The standard InChI is InChI=1S/C23H44O4/c1-6-7-8-15-18-23(19(2)3,20(4)5)27-22(26)17-14-12-10-9-11-13-16-21(24)25/h19-20H,6-18H2,1-5H3,(H,24,25). The van der Waals surface area contributed by atoms with Crippen molar-refractivity contribution >= 4 is 11.9 Å². The molecule has 0 spiro atoms. The van der Waals surface area contributed by atoms with Crippen molar-refractivity contribution in [1.82, 2.24) is 0 Å². The molecule has 0 aliphatic heterocycles. The second kappa shape index (κ2) is 14.9. The van der Waals surface area contributed by atoms with Gasteiger partial charge in [-0.05, 0) is 37.5 Å².